The van der Waals surface area contributed by atoms with Gasteiger partial charge in [-0.2, -0.15) is 0 Å². The lowest BCUT2D eigenvalue weighted by molar-refractivity contribution is -0.618. The number of rotatable bonds is 0. The number of hydrogen-bond donors (Lipinski definition) is 1. The molecule has 0 aromatic heterocycles. The molecule has 0 radical (unpaired) electrons. The van der Waals surface area contributed by atoms with Gasteiger partial charge in [-0.25, -0.2) is 5.84 Å². The molecule has 3 heterocycles. The normalized spacial score (nSPS) is 37.4. The van der Waals surface area contributed by atoms with Crippen molar-refractivity contribution in [3.8, 4) is 0 Å². The maximum atomic E-state index is 13.8. The molecule has 2 N–H and O–H groups in total. The van der Waals surface area contributed by atoms with Crippen LogP contribution in [0.5, 0.6) is 0 Å². The van der Waals surface area contributed by atoms with Crippen LogP contribution in [0.3, 0.4) is 0 Å². The number of nitrogens with two attached hydrogens (primary N) is 1. The Kier molecular flexibility index (Phi) is 4.96. The highest BCUT2D eigenvalue weighted by molar-refractivity contribution is 6.45. The van der Waals surface area contributed by atoms with E-state index in [0.717, 1.165) is 44.2 Å². The van der Waals surface area contributed by atoms with Crippen molar-refractivity contribution in [1.82, 2.24) is 0 Å². The van der Waals surface area contributed by atoms with Gasteiger partial charge in [-0.15, -0.1) is 4.68 Å². The topological polar surface area (TPSA) is 55.3 Å². The molecule has 2 spiro atoms. The number of ether oxygens (including phenoxy) is 1. The van der Waals surface area contributed by atoms with E-state index in [9.17, 15) is 4.79 Å². The van der Waals surface area contributed by atoms with Crippen LogP contribution in [-0.4, -0.2) is 33.4 Å². The van der Waals surface area contributed by atoms with E-state index >= 15 is 0 Å². The average Bonchev–Trinajstić information content (AvgIpc) is 2.69. The Morgan fingerprint density at radius 1 is 0.786 bits per heavy atom. The second-order valence-corrected chi connectivity index (χ2v) is 11.6. The summed E-state index contributed by atoms with van der Waals surface area (Å²) in [4.78, 5) is 13.8. The van der Waals surface area contributed by atoms with Gasteiger partial charge < -0.3 is 4.74 Å². The van der Waals surface area contributed by atoms with Crippen molar-refractivity contribution in [2.24, 2.45) is 16.7 Å². The molecule has 3 fully saturated rings. The lowest BCUT2D eigenvalue weighted by Gasteiger charge is -2.51. The third-order valence-electron chi connectivity index (χ3n) is 8.11. The maximum absolute atomic E-state index is 13.8. The molecule has 0 amide bonds. The van der Waals surface area contributed by atoms with Crippen molar-refractivity contribution in [3.05, 3.63) is 0 Å². The molecule has 2 aliphatic carbocycles. The first-order valence-electron chi connectivity index (χ1n) is 11.8. The number of carbonyl (C=O) groups is 1. The molecule has 3 aliphatic heterocycles. The van der Waals surface area contributed by atoms with Crippen molar-refractivity contribution in [2.45, 2.75) is 128 Å². The van der Waals surface area contributed by atoms with Crippen LogP contribution in [-0.2, 0) is 9.53 Å². The zero-order valence-corrected chi connectivity index (χ0v) is 18.6. The number of hydrazone groups is 1. The van der Waals surface area contributed by atoms with E-state index in [-0.39, 0.29) is 22.7 Å². The van der Waals surface area contributed by atoms with Crippen LogP contribution in [0.2, 0.25) is 0 Å². The Morgan fingerprint density at radius 2 is 1.21 bits per heavy atom. The summed E-state index contributed by atoms with van der Waals surface area (Å²) in [6.45, 7) is 9.08. The number of Topliss-reactive ketones (excluding diaryl/α,β-unsaturated/α-hetero) is 1. The largest absolute Gasteiger partial charge is 0.349 e. The highest BCUT2D eigenvalue weighted by atomic mass is 16.5. The van der Waals surface area contributed by atoms with Crippen LogP contribution >= 0.6 is 0 Å². The summed E-state index contributed by atoms with van der Waals surface area (Å²) < 4.78 is 8.93. The highest BCUT2D eigenvalue weighted by Crippen LogP contribution is 2.60. The summed E-state index contributed by atoms with van der Waals surface area (Å²) in [7, 11) is 0. The monoisotopic (exact) mass is 389 g/mol. The Morgan fingerprint density at radius 3 is 1.68 bits per heavy atom. The van der Waals surface area contributed by atoms with Crippen LogP contribution in [0, 0.1) is 10.8 Å². The van der Waals surface area contributed by atoms with Crippen LogP contribution in [0.25, 0.3) is 0 Å². The predicted molar refractivity (Wildman–Crippen MR) is 112 cm³/mol. The summed E-state index contributed by atoms with van der Waals surface area (Å²) >= 11 is 0. The standard InChI is InChI=1S/C24H40N2O2/c1-21(2)16-24-17-22(3,4)20(21)26(25)18(19(24)27)23(28-24)14-12-10-8-6-5-7-9-11-13-15-23/h20H,5-17H2,1-4H3,(H-,25,27)/p+1. The van der Waals surface area contributed by atoms with Gasteiger partial charge in [-0.1, -0.05) is 72.6 Å². The smallest absolute Gasteiger partial charge is 0.283 e. The Hall–Kier alpha value is -0.900. The minimum atomic E-state index is -0.663. The minimum absolute atomic E-state index is 0.0408. The van der Waals surface area contributed by atoms with Gasteiger partial charge in [0.1, 0.15) is 5.60 Å². The molecule has 4 heteroatoms. The zero-order valence-electron chi connectivity index (χ0n) is 18.6. The third kappa shape index (κ3) is 3.05. The molecule has 28 heavy (non-hydrogen) atoms. The highest BCUT2D eigenvalue weighted by Gasteiger charge is 2.75. The molecule has 1 saturated heterocycles. The van der Waals surface area contributed by atoms with Gasteiger partial charge in [0.05, 0.1) is 0 Å². The van der Waals surface area contributed by atoms with E-state index in [4.69, 9.17) is 10.6 Å². The molecular weight excluding hydrogens is 348 g/mol. The number of hydrazine groups is 1. The molecule has 0 unspecified atom stereocenters. The van der Waals surface area contributed by atoms with Crippen molar-refractivity contribution in [3.63, 3.8) is 0 Å². The zero-order chi connectivity index (χ0) is 20.2. The fourth-order valence-corrected chi connectivity index (χ4v) is 7.67. The summed E-state index contributed by atoms with van der Waals surface area (Å²) in [6, 6.07) is 0.178. The van der Waals surface area contributed by atoms with Gasteiger partial charge in [-0.05, 0) is 38.5 Å². The summed E-state index contributed by atoms with van der Waals surface area (Å²) in [6.07, 6.45) is 14.9. The van der Waals surface area contributed by atoms with E-state index in [1.807, 2.05) is 4.68 Å². The summed E-state index contributed by atoms with van der Waals surface area (Å²) in [5.41, 5.74) is -0.368. The summed E-state index contributed by atoms with van der Waals surface area (Å²) in [5, 5.41) is 0. The van der Waals surface area contributed by atoms with Crippen LogP contribution in [0.4, 0.5) is 0 Å². The van der Waals surface area contributed by atoms with Crippen molar-refractivity contribution in [2.75, 3.05) is 0 Å². The van der Waals surface area contributed by atoms with Crippen LogP contribution in [0.1, 0.15) is 111 Å². The first-order chi connectivity index (χ1) is 13.1. The first kappa shape index (κ1) is 20.4. The van der Waals surface area contributed by atoms with Crippen molar-refractivity contribution in [1.29, 1.82) is 0 Å². The Balaban J connectivity index is 1.77. The molecular formula is C24H41N2O2+. The van der Waals surface area contributed by atoms with E-state index in [1.165, 1.54) is 44.9 Å². The fraction of sp³-hybridized carbons (Fsp3) is 0.917. The van der Waals surface area contributed by atoms with Crippen LogP contribution < -0.4 is 5.84 Å². The van der Waals surface area contributed by atoms with E-state index in [0.29, 0.717) is 0 Å². The predicted octanol–water partition coefficient (Wildman–Crippen LogP) is 4.92. The van der Waals surface area contributed by atoms with E-state index in [2.05, 4.69) is 27.7 Å². The molecule has 0 aromatic rings. The summed E-state index contributed by atoms with van der Waals surface area (Å²) in [5.74, 6) is 7.06. The van der Waals surface area contributed by atoms with Gasteiger partial charge >= 0.3 is 0 Å². The molecule has 3 bridgehead atoms. The maximum Gasteiger partial charge on any atom is 0.283 e. The van der Waals surface area contributed by atoms with Gasteiger partial charge in [0.15, 0.2) is 11.6 Å². The molecule has 2 saturated carbocycles. The molecule has 0 aromatic carbocycles. The fourth-order valence-electron chi connectivity index (χ4n) is 7.67. The van der Waals surface area contributed by atoms with Crippen molar-refractivity contribution < 1.29 is 14.2 Å². The third-order valence-corrected chi connectivity index (χ3v) is 8.11. The van der Waals surface area contributed by atoms with Crippen LogP contribution in [0.15, 0.2) is 0 Å². The van der Waals surface area contributed by atoms with E-state index in [1.54, 1.807) is 0 Å². The van der Waals surface area contributed by atoms with Gasteiger partial charge in [0, 0.05) is 10.8 Å². The number of nitrogens with zero attached hydrogens (tertiary/aromatic N) is 1. The minimum Gasteiger partial charge on any atom is -0.349 e. The molecule has 5 aliphatic rings. The second-order valence-electron chi connectivity index (χ2n) is 11.6. The van der Waals surface area contributed by atoms with E-state index < -0.39 is 11.2 Å². The van der Waals surface area contributed by atoms with Gasteiger partial charge in [0.25, 0.3) is 11.5 Å². The molecule has 4 nitrogen and oxygen atoms in total. The lowest BCUT2D eigenvalue weighted by atomic mass is 9.56. The Labute approximate surface area is 171 Å². The number of hydrogen-bond acceptors (Lipinski definition) is 3. The first-order valence-corrected chi connectivity index (χ1v) is 11.8. The Bertz CT molecular complexity index is 646. The lowest BCUT2D eigenvalue weighted by Crippen LogP contribution is -2.63. The van der Waals surface area contributed by atoms with Gasteiger partial charge in [0.2, 0.25) is 0 Å². The quantitative estimate of drug-likeness (QED) is 0.472. The SMILES string of the molecule is CC1(C)CC23CC(C)(C)C1[N+](N)=C(C2=O)C1(CCCCCCCCCCC1)O3. The second kappa shape index (κ2) is 6.82. The average molecular weight is 390 g/mol. The van der Waals surface area contributed by atoms with Gasteiger partial charge in [-0.3, -0.25) is 4.79 Å². The number of fused-ring (bicyclic) bond motifs is 2. The molecule has 158 valence electrons. The number of ketones is 1. The van der Waals surface area contributed by atoms with Crippen molar-refractivity contribution >= 4 is 11.5 Å². The number of carbonyl (C=O) groups excluding carboxylic acids is 1. The molecule has 5 rings (SSSR count). The molecule has 0 atom stereocenters.